The van der Waals surface area contributed by atoms with Crippen LogP contribution in [0.4, 0.5) is 16.2 Å². The number of anilines is 2. The number of nitrogens with zero attached hydrogens (tertiary/aromatic N) is 1. The Balaban J connectivity index is 1.98. The second-order valence-corrected chi connectivity index (χ2v) is 6.47. The molecule has 0 saturated carbocycles. The summed E-state index contributed by atoms with van der Waals surface area (Å²) in [6, 6.07) is 7.43. The molecular weight excluding hydrogens is 280 g/mol. The molecule has 6 heteroatoms. The lowest BCUT2D eigenvalue weighted by Gasteiger charge is -2.24. The average molecular weight is 304 g/mol. The maximum Gasteiger partial charge on any atom is 0.321 e. The molecule has 1 heterocycles. The van der Waals surface area contributed by atoms with Gasteiger partial charge in [0.2, 0.25) is 5.91 Å². The van der Waals surface area contributed by atoms with Crippen molar-refractivity contribution in [3.63, 3.8) is 0 Å². The number of urea groups is 1. The van der Waals surface area contributed by atoms with Gasteiger partial charge in [-0.3, -0.25) is 10.1 Å². The van der Waals surface area contributed by atoms with Crippen molar-refractivity contribution in [3.05, 3.63) is 24.3 Å². The minimum atomic E-state index is -0.460. The summed E-state index contributed by atoms with van der Waals surface area (Å²) in [6.45, 7) is 7.42. The molecule has 0 atom stereocenters. The van der Waals surface area contributed by atoms with Gasteiger partial charge < -0.3 is 15.5 Å². The predicted molar refractivity (Wildman–Crippen MR) is 88.2 cm³/mol. The Bertz CT molecular complexity index is 551. The SMILES string of the molecule is CC(C)(C)NC(=O)NC(=O)CN1CCCNc2ccccc21. The van der Waals surface area contributed by atoms with Crippen LogP contribution < -0.4 is 20.9 Å². The molecule has 6 nitrogen and oxygen atoms in total. The molecule has 120 valence electrons. The fraction of sp³-hybridized carbons (Fsp3) is 0.500. The fourth-order valence-electron chi connectivity index (χ4n) is 2.39. The average Bonchev–Trinajstić information content (AvgIpc) is 2.59. The number of imide groups is 1. The number of para-hydroxylation sites is 2. The molecule has 0 unspecified atom stereocenters. The van der Waals surface area contributed by atoms with Crippen LogP contribution in [0, 0.1) is 0 Å². The minimum absolute atomic E-state index is 0.163. The van der Waals surface area contributed by atoms with Crippen molar-refractivity contribution in [1.82, 2.24) is 10.6 Å². The Morgan fingerprint density at radius 2 is 2.00 bits per heavy atom. The molecular formula is C16H24N4O2. The van der Waals surface area contributed by atoms with E-state index in [-0.39, 0.29) is 18.0 Å². The second kappa shape index (κ2) is 6.68. The van der Waals surface area contributed by atoms with Gasteiger partial charge in [0.15, 0.2) is 0 Å². The molecule has 1 aliphatic heterocycles. The molecule has 0 radical (unpaired) electrons. The van der Waals surface area contributed by atoms with Gasteiger partial charge in [-0.25, -0.2) is 4.79 Å². The third-order valence-corrected chi connectivity index (χ3v) is 3.24. The molecule has 0 aromatic heterocycles. The molecule has 22 heavy (non-hydrogen) atoms. The maximum absolute atomic E-state index is 12.1. The van der Waals surface area contributed by atoms with E-state index in [1.165, 1.54) is 0 Å². The molecule has 0 spiro atoms. The van der Waals surface area contributed by atoms with Crippen molar-refractivity contribution < 1.29 is 9.59 Å². The Morgan fingerprint density at radius 3 is 2.73 bits per heavy atom. The fourth-order valence-corrected chi connectivity index (χ4v) is 2.39. The van der Waals surface area contributed by atoms with Crippen molar-refractivity contribution in [1.29, 1.82) is 0 Å². The van der Waals surface area contributed by atoms with E-state index in [4.69, 9.17) is 0 Å². The van der Waals surface area contributed by atoms with E-state index in [0.29, 0.717) is 0 Å². The van der Waals surface area contributed by atoms with Crippen molar-refractivity contribution in [2.24, 2.45) is 0 Å². The minimum Gasteiger partial charge on any atom is -0.383 e. The van der Waals surface area contributed by atoms with Crippen LogP contribution in [0.1, 0.15) is 27.2 Å². The summed E-state index contributed by atoms with van der Waals surface area (Å²) in [6.07, 6.45) is 0.941. The van der Waals surface area contributed by atoms with Crippen molar-refractivity contribution in [2.75, 3.05) is 29.9 Å². The van der Waals surface area contributed by atoms with E-state index in [1.54, 1.807) is 0 Å². The first kappa shape index (κ1) is 16.1. The van der Waals surface area contributed by atoms with Gasteiger partial charge >= 0.3 is 6.03 Å². The van der Waals surface area contributed by atoms with Gasteiger partial charge in [0.25, 0.3) is 0 Å². The first-order valence-corrected chi connectivity index (χ1v) is 7.55. The lowest BCUT2D eigenvalue weighted by Crippen LogP contribution is -2.50. The largest absolute Gasteiger partial charge is 0.383 e. The first-order chi connectivity index (χ1) is 10.3. The standard InChI is InChI=1S/C16H24N4O2/c1-16(2,3)19-15(22)18-14(21)11-20-10-6-9-17-12-7-4-5-8-13(12)20/h4-5,7-8,17H,6,9-11H2,1-3H3,(H2,18,19,21,22). The quantitative estimate of drug-likeness (QED) is 0.780. The lowest BCUT2D eigenvalue weighted by atomic mass is 10.1. The van der Waals surface area contributed by atoms with Gasteiger partial charge in [-0.15, -0.1) is 0 Å². The molecule has 0 saturated heterocycles. The Hall–Kier alpha value is -2.24. The Morgan fingerprint density at radius 1 is 1.27 bits per heavy atom. The smallest absolute Gasteiger partial charge is 0.321 e. The molecule has 3 N–H and O–H groups in total. The zero-order chi connectivity index (χ0) is 16.2. The van der Waals surface area contributed by atoms with Crippen molar-refractivity contribution in [2.45, 2.75) is 32.7 Å². The highest BCUT2D eigenvalue weighted by atomic mass is 16.2. The van der Waals surface area contributed by atoms with E-state index in [9.17, 15) is 9.59 Å². The van der Waals surface area contributed by atoms with E-state index >= 15 is 0 Å². The first-order valence-electron chi connectivity index (χ1n) is 7.55. The van der Waals surface area contributed by atoms with Crippen LogP contribution in [-0.2, 0) is 4.79 Å². The van der Waals surface area contributed by atoms with Gasteiger partial charge in [0.1, 0.15) is 0 Å². The summed E-state index contributed by atoms with van der Waals surface area (Å²) in [5.41, 5.74) is 1.64. The number of hydrogen-bond donors (Lipinski definition) is 3. The van der Waals surface area contributed by atoms with Crippen LogP contribution in [0.3, 0.4) is 0 Å². The van der Waals surface area contributed by atoms with Gasteiger partial charge in [-0.2, -0.15) is 0 Å². The van der Waals surface area contributed by atoms with E-state index in [2.05, 4.69) is 16.0 Å². The summed E-state index contributed by atoms with van der Waals surface area (Å²) in [5.74, 6) is -0.307. The highest BCUT2D eigenvalue weighted by molar-refractivity contribution is 5.97. The molecule has 0 aliphatic carbocycles. The summed E-state index contributed by atoms with van der Waals surface area (Å²) < 4.78 is 0. The Kier molecular flexibility index (Phi) is 4.90. The van der Waals surface area contributed by atoms with Crippen LogP contribution in [0.5, 0.6) is 0 Å². The van der Waals surface area contributed by atoms with Crippen LogP contribution in [0.25, 0.3) is 0 Å². The van der Waals surface area contributed by atoms with Crippen LogP contribution in [0.2, 0.25) is 0 Å². The number of fused-ring (bicyclic) bond motifs is 1. The highest BCUT2D eigenvalue weighted by Gasteiger charge is 2.20. The lowest BCUT2D eigenvalue weighted by molar-refractivity contribution is -0.118. The summed E-state index contributed by atoms with van der Waals surface area (Å²) in [5, 5.41) is 8.45. The predicted octanol–water partition coefficient (Wildman–Crippen LogP) is 1.93. The monoisotopic (exact) mass is 304 g/mol. The summed E-state index contributed by atoms with van der Waals surface area (Å²) in [4.78, 5) is 25.8. The number of amides is 3. The highest BCUT2D eigenvalue weighted by Crippen LogP contribution is 2.27. The van der Waals surface area contributed by atoms with Crippen LogP contribution in [-0.4, -0.2) is 37.1 Å². The van der Waals surface area contributed by atoms with Crippen molar-refractivity contribution >= 4 is 23.3 Å². The van der Waals surface area contributed by atoms with Crippen LogP contribution >= 0.6 is 0 Å². The van der Waals surface area contributed by atoms with Gasteiger partial charge in [0.05, 0.1) is 17.9 Å². The normalized spacial score (nSPS) is 14.4. The Labute approximate surface area is 131 Å². The number of nitrogens with one attached hydrogen (secondary N) is 3. The molecule has 0 bridgehead atoms. The number of benzene rings is 1. The third kappa shape index (κ3) is 4.65. The number of carbonyl (C=O) groups is 2. The molecule has 0 fully saturated rings. The van der Waals surface area contributed by atoms with Crippen LogP contribution in [0.15, 0.2) is 24.3 Å². The zero-order valence-electron chi connectivity index (χ0n) is 13.4. The molecule has 1 aromatic carbocycles. The summed E-state index contributed by atoms with van der Waals surface area (Å²) >= 11 is 0. The summed E-state index contributed by atoms with van der Waals surface area (Å²) in [7, 11) is 0. The number of rotatable bonds is 2. The third-order valence-electron chi connectivity index (χ3n) is 3.24. The molecule has 1 aliphatic rings. The van der Waals surface area contributed by atoms with E-state index < -0.39 is 6.03 Å². The van der Waals surface area contributed by atoms with Gasteiger partial charge in [-0.05, 0) is 39.3 Å². The molecule has 1 aromatic rings. The van der Waals surface area contributed by atoms with E-state index in [0.717, 1.165) is 30.9 Å². The maximum atomic E-state index is 12.1. The topological polar surface area (TPSA) is 73.5 Å². The molecule has 3 amide bonds. The second-order valence-electron chi connectivity index (χ2n) is 6.47. The van der Waals surface area contributed by atoms with E-state index in [1.807, 2.05) is 49.9 Å². The number of carbonyl (C=O) groups excluding carboxylic acids is 2. The zero-order valence-corrected chi connectivity index (χ0v) is 13.4. The van der Waals surface area contributed by atoms with Gasteiger partial charge in [-0.1, -0.05) is 12.1 Å². The number of hydrogen-bond acceptors (Lipinski definition) is 4. The molecule has 2 rings (SSSR count). The van der Waals surface area contributed by atoms with Gasteiger partial charge in [0, 0.05) is 18.6 Å². The van der Waals surface area contributed by atoms with Crippen molar-refractivity contribution in [3.8, 4) is 0 Å².